The van der Waals surface area contributed by atoms with E-state index < -0.39 is 6.09 Å². The quantitative estimate of drug-likeness (QED) is 0.261. The number of piperazine rings is 1. The van der Waals surface area contributed by atoms with E-state index in [-0.39, 0.29) is 24.0 Å². The van der Waals surface area contributed by atoms with Gasteiger partial charge in [-0.1, -0.05) is 49.2 Å². The third-order valence-electron chi connectivity index (χ3n) is 8.21. The molecule has 0 unspecified atom stereocenters. The first-order valence-corrected chi connectivity index (χ1v) is 15.2. The Balaban J connectivity index is 1.26. The minimum atomic E-state index is -1.03. The minimum absolute atomic E-state index is 0.0391. The van der Waals surface area contributed by atoms with Gasteiger partial charge in [0.25, 0.3) is 5.91 Å². The smallest absolute Gasteiger partial charge is 0.404 e. The van der Waals surface area contributed by atoms with Crippen molar-refractivity contribution in [2.24, 2.45) is 0 Å². The molecule has 41 heavy (non-hydrogen) atoms. The third kappa shape index (κ3) is 5.80. The molecular weight excluding hydrogens is 538 g/mol. The van der Waals surface area contributed by atoms with E-state index in [1.807, 2.05) is 51.9 Å². The number of aromatic nitrogens is 2. The number of hydrogen-bond donors (Lipinski definition) is 3. The molecule has 2 aromatic carbocycles. The summed E-state index contributed by atoms with van der Waals surface area (Å²) in [5.41, 5.74) is 2.05. The number of carboxylic acid groups (broad SMARTS) is 1. The SMILES string of the molecule is O=C(O)N[C@H]1CCCC[C@@H]1n1cnc(C(=O)N2CCNC[C@H]2CCOc2cccc3sccc23)c1-c1ccccc1. The monoisotopic (exact) mass is 573 g/mol. The third-order valence-corrected chi connectivity index (χ3v) is 9.10. The topological polar surface area (TPSA) is 109 Å². The molecule has 0 spiro atoms. The zero-order chi connectivity index (χ0) is 28.2. The Hall–Kier alpha value is -3.89. The Bertz CT molecular complexity index is 1500. The van der Waals surface area contributed by atoms with Crippen LogP contribution in [0.2, 0.25) is 0 Å². The molecule has 1 aliphatic carbocycles. The first-order chi connectivity index (χ1) is 20.1. The highest BCUT2D eigenvalue weighted by Crippen LogP contribution is 2.35. The van der Waals surface area contributed by atoms with E-state index in [9.17, 15) is 14.7 Å². The van der Waals surface area contributed by atoms with Crippen LogP contribution in [0.15, 0.2) is 66.3 Å². The number of nitrogens with one attached hydrogen (secondary N) is 2. The van der Waals surface area contributed by atoms with E-state index in [1.54, 1.807) is 17.7 Å². The highest BCUT2D eigenvalue weighted by Gasteiger charge is 2.35. The fourth-order valence-corrected chi connectivity index (χ4v) is 7.04. The maximum atomic E-state index is 14.2. The van der Waals surface area contributed by atoms with Gasteiger partial charge >= 0.3 is 6.09 Å². The van der Waals surface area contributed by atoms with E-state index >= 15 is 0 Å². The normalized spacial score (nSPS) is 21.1. The fraction of sp³-hybridized carbons (Fsp3) is 0.387. The van der Waals surface area contributed by atoms with E-state index in [0.29, 0.717) is 38.4 Å². The van der Waals surface area contributed by atoms with E-state index in [2.05, 4.69) is 28.1 Å². The van der Waals surface area contributed by atoms with Gasteiger partial charge in [0.2, 0.25) is 0 Å². The van der Waals surface area contributed by atoms with Crippen LogP contribution in [0.5, 0.6) is 5.75 Å². The molecule has 1 aliphatic heterocycles. The molecule has 1 saturated carbocycles. The molecule has 1 saturated heterocycles. The molecule has 10 heteroatoms. The zero-order valence-electron chi connectivity index (χ0n) is 22.9. The lowest BCUT2D eigenvalue weighted by molar-refractivity contribution is 0.0601. The first-order valence-electron chi connectivity index (χ1n) is 14.3. The standard InChI is InChI=1S/C31H35N5O4S/c37-30(35-16-15-32-19-22(35)13-17-40-26-11-6-12-27-23(26)14-18-41-27)28-29(21-7-2-1-3-8-21)36(20-33-28)25-10-5-4-9-24(25)34-31(38)39/h1-3,6-8,11-12,14,18,20,22,24-25,32,34H,4-5,9-10,13,15-17,19H2,(H,38,39)/t22-,24+,25+/m1/s1. The fourth-order valence-electron chi connectivity index (χ4n) is 6.24. The van der Waals surface area contributed by atoms with Gasteiger partial charge in [-0.2, -0.15) is 0 Å². The summed E-state index contributed by atoms with van der Waals surface area (Å²) in [6.07, 6.45) is 4.93. The molecule has 214 valence electrons. The van der Waals surface area contributed by atoms with Crippen LogP contribution in [0.3, 0.4) is 0 Å². The van der Waals surface area contributed by atoms with Crippen LogP contribution in [0.25, 0.3) is 21.3 Å². The number of carbonyl (C=O) groups is 2. The van der Waals surface area contributed by atoms with Crippen molar-refractivity contribution < 1.29 is 19.4 Å². The Morgan fingerprint density at radius 2 is 1.95 bits per heavy atom. The van der Waals surface area contributed by atoms with Gasteiger partial charge in [0, 0.05) is 47.7 Å². The van der Waals surface area contributed by atoms with E-state index in [0.717, 1.165) is 48.1 Å². The van der Waals surface area contributed by atoms with Crippen molar-refractivity contribution in [3.63, 3.8) is 0 Å². The largest absolute Gasteiger partial charge is 0.493 e. The molecule has 2 amide bonds. The average molecular weight is 574 g/mol. The number of imidazole rings is 1. The second-order valence-electron chi connectivity index (χ2n) is 10.7. The first kappa shape index (κ1) is 27.3. The second-order valence-corrected chi connectivity index (χ2v) is 11.7. The van der Waals surface area contributed by atoms with Crippen LogP contribution in [0, 0.1) is 0 Å². The second kappa shape index (κ2) is 12.3. The van der Waals surface area contributed by atoms with Crippen molar-refractivity contribution in [2.45, 2.75) is 50.2 Å². The lowest BCUT2D eigenvalue weighted by Gasteiger charge is -2.36. The number of rotatable bonds is 8. The molecule has 4 aromatic rings. The van der Waals surface area contributed by atoms with Crippen molar-refractivity contribution >= 4 is 33.4 Å². The Kier molecular flexibility index (Phi) is 8.20. The molecule has 0 radical (unpaired) electrons. The van der Waals surface area contributed by atoms with Crippen molar-refractivity contribution in [3.8, 4) is 17.0 Å². The lowest BCUT2D eigenvalue weighted by Crippen LogP contribution is -2.54. The molecule has 3 heterocycles. The molecule has 6 rings (SSSR count). The summed E-state index contributed by atoms with van der Waals surface area (Å²) in [5, 5.41) is 18.8. The minimum Gasteiger partial charge on any atom is -0.493 e. The highest BCUT2D eigenvalue weighted by molar-refractivity contribution is 7.17. The number of thiophene rings is 1. The Morgan fingerprint density at radius 3 is 2.80 bits per heavy atom. The van der Waals surface area contributed by atoms with Crippen LogP contribution in [0.4, 0.5) is 4.79 Å². The molecule has 3 N–H and O–H groups in total. The predicted octanol–water partition coefficient (Wildman–Crippen LogP) is 5.40. The molecule has 3 atom stereocenters. The lowest BCUT2D eigenvalue weighted by atomic mass is 9.89. The van der Waals surface area contributed by atoms with Crippen molar-refractivity contribution in [2.75, 3.05) is 26.2 Å². The Labute approximate surface area is 243 Å². The van der Waals surface area contributed by atoms with Crippen LogP contribution in [-0.4, -0.2) is 69.9 Å². The van der Waals surface area contributed by atoms with E-state index in [1.165, 1.54) is 4.70 Å². The number of fused-ring (bicyclic) bond motifs is 1. The summed E-state index contributed by atoms with van der Waals surface area (Å²) >= 11 is 1.69. The van der Waals surface area contributed by atoms with Gasteiger partial charge in [0.1, 0.15) is 5.75 Å². The number of carbonyl (C=O) groups excluding carboxylic acids is 1. The van der Waals surface area contributed by atoms with Crippen LogP contribution in [-0.2, 0) is 0 Å². The average Bonchev–Trinajstić information content (AvgIpc) is 3.66. The van der Waals surface area contributed by atoms with Crippen LogP contribution >= 0.6 is 11.3 Å². The number of hydrogen-bond acceptors (Lipinski definition) is 6. The van der Waals surface area contributed by atoms with Gasteiger partial charge in [-0.25, -0.2) is 9.78 Å². The number of benzene rings is 2. The summed E-state index contributed by atoms with van der Waals surface area (Å²) < 4.78 is 9.43. The van der Waals surface area contributed by atoms with Gasteiger partial charge in [0.15, 0.2) is 5.69 Å². The summed E-state index contributed by atoms with van der Waals surface area (Å²) in [6, 6.07) is 17.6. The zero-order valence-corrected chi connectivity index (χ0v) is 23.7. The molecule has 2 fully saturated rings. The van der Waals surface area contributed by atoms with Crippen LogP contribution in [0.1, 0.15) is 48.6 Å². The van der Waals surface area contributed by atoms with Gasteiger partial charge < -0.3 is 29.9 Å². The molecule has 9 nitrogen and oxygen atoms in total. The van der Waals surface area contributed by atoms with Gasteiger partial charge in [-0.15, -0.1) is 11.3 Å². The Morgan fingerprint density at radius 1 is 1.10 bits per heavy atom. The molecule has 2 aromatic heterocycles. The molecular formula is C31H35N5O4S. The predicted molar refractivity (Wildman–Crippen MR) is 160 cm³/mol. The number of ether oxygens (including phenoxy) is 1. The van der Waals surface area contributed by atoms with Crippen molar-refractivity contribution in [1.29, 1.82) is 0 Å². The highest BCUT2D eigenvalue weighted by atomic mass is 32.1. The summed E-state index contributed by atoms with van der Waals surface area (Å²) in [4.78, 5) is 32.4. The maximum absolute atomic E-state index is 14.2. The summed E-state index contributed by atoms with van der Waals surface area (Å²) in [7, 11) is 0. The van der Waals surface area contributed by atoms with Gasteiger partial charge in [-0.3, -0.25) is 4.79 Å². The molecule has 2 aliphatic rings. The van der Waals surface area contributed by atoms with Gasteiger partial charge in [0.05, 0.1) is 30.7 Å². The molecule has 0 bridgehead atoms. The van der Waals surface area contributed by atoms with Crippen molar-refractivity contribution in [3.05, 3.63) is 72.0 Å². The van der Waals surface area contributed by atoms with Crippen molar-refractivity contribution in [1.82, 2.24) is 25.1 Å². The van der Waals surface area contributed by atoms with Gasteiger partial charge in [-0.05, 0) is 36.4 Å². The summed E-state index contributed by atoms with van der Waals surface area (Å²) in [5.74, 6) is 0.764. The van der Waals surface area contributed by atoms with Crippen LogP contribution < -0.4 is 15.4 Å². The number of nitrogens with zero attached hydrogens (tertiary/aromatic N) is 3. The van der Waals surface area contributed by atoms with E-state index in [4.69, 9.17) is 9.72 Å². The maximum Gasteiger partial charge on any atom is 0.404 e. The number of amides is 2. The summed E-state index contributed by atoms with van der Waals surface area (Å²) in [6.45, 7) is 2.48.